The fraction of sp³-hybridized carbons (Fsp3) is 0.632. The highest BCUT2D eigenvalue weighted by Crippen LogP contribution is 2.39. The van der Waals surface area contributed by atoms with Crippen LogP contribution in [0, 0.1) is 6.92 Å². The van der Waals surface area contributed by atoms with Crippen molar-refractivity contribution in [2.24, 2.45) is 0 Å². The van der Waals surface area contributed by atoms with Crippen LogP contribution in [0.5, 0.6) is 0 Å². The van der Waals surface area contributed by atoms with E-state index in [4.69, 9.17) is 0 Å². The van der Waals surface area contributed by atoms with Gasteiger partial charge in [-0.25, -0.2) is 0 Å². The zero-order valence-electron chi connectivity index (χ0n) is 13.9. The lowest BCUT2D eigenvalue weighted by Crippen LogP contribution is -2.49. The average Bonchev–Trinajstić information content (AvgIpc) is 3.26. The van der Waals surface area contributed by atoms with Gasteiger partial charge in [-0.2, -0.15) is 0 Å². The van der Waals surface area contributed by atoms with Crippen molar-refractivity contribution >= 4 is 5.91 Å². The van der Waals surface area contributed by atoms with Crippen LogP contribution in [-0.4, -0.2) is 36.0 Å². The van der Waals surface area contributed by atoms with Gasteiger partial charge in [-0.3, -0.25) is 9.69 Å². The number of likely N-dealkylation sites (N-methyl/N-ethyl adjacent to an activating group) is 1. The third-order valence-electron chi connectivity index (χ3n) is 5.36. The maximum Gasteiger partial charge on any atom is 0.237 e. The van der Waals surface area contributed by atoms with Gasteiger partial charge >= 0.3 is 0 Å². The van der Waals surface area contributed by atoms with Crippen LogP contribution in [0.4, 0.5) is 0 Å². The molecule has 0 aromatic heterocycles. The van der Waals surface area contributed by atoms with Crippen LogP contribution in [-0.2, 0) is 11.2 Å². The molecule has 0 bridgehead atoms. The van der Waals surface area contributed by atoms with Gasteiger partial charge in [0.1, 0.15) is 0 Å². The topological polar surface area (TPSA) is 32.3 Å². The zero-order valence-corrected chi connectivity index (χ0v) is 13.9. The van der Waals surface area contributed by atoms with Crippen molar-refractivity contribution < 1.29 is 4.79 Å². The number of carbonyl (C=O) groups is 1. The number of nitrogens with zero attached hydrogens (tertiary/aromatic N) is 1. The van der Waals surface area contributed by atoms with Crippen LogP contribution in [0.1, 0.15) is 49.7 Å². The van der Waals surface area contributed by atoms with Gasteiger partial charge in [-0.05, 0) is 63.7 Å². The van der Waals surface area contributed by atoms with E-state index in [0.717, 1.165) is 32.2 Å². The van der Waals surface area contributed by atoms with Crippen molar-refractivity contribution in [3.8, 4) is 0 Å². The number of aryl methyl sites for hydroxylation is 1. The first-order chi connectivity index (χ1) is 10.6. The predicted molar refractivity (Wildman–Crippen MR) is 89.9 cm³/mol. The van der Waals surface area contributed by atoms with Crippen LogP contribution in [0.15, 0.2) is 24.3 Å². The summed E-state index contributed by atoms with van der Waals surface area (Å²) in [5, 5.41) is 3.39. The van der Waals surface area contributed by atoms with Crippen LogP contribution >= 0.6 is 0 Å². The summed E-state index contributed by atoms with van der Waals surface area (Å²) in [4.78, 5) is 15.0. The molecular formula is C19H28N2O. The van der Waals surface area contributed by atoms with E-state index in [1.54, 1.807) is 0 Å². The molecule has 1 N–H and O–H groups in total. The molecule has 1 aliphatic carbocycles. The summed E-state index contributed by atoms with van der Waals surface area (Å²) in [6, 6.07) is 8.60. The van der Waals surface area contributed by atoms with Crippen LogP contribution < -0.4 is 5.32 Å². The lowest BCUT2D eigenvalue weighted by atomic mass is 9.99. The summed E-state index contributed by atoms with van der Waals surface area (Å²) >= 11 is 0. The summed E-state index contributed by atoms with van der Waals surface area (Å²) < 4.78 is 0. The molecule has 1 atom stereocenters. The second-order valence-corrected chi connectivity index (χ2v) is 7.22. The quantitative estimate of drug-likeness (QED) is 0.927. The standard InChI is InChI=1S/C19H28N2O/c1-15-8-5-6-9-16(15)14-19(11-12-19)20-18(22)17-10-4-3-7-13-21(17)2/h5-6,8-9,17H,3-4,7,10-14H2,1-2H3,(H,20,22)/t17-/m1/s1. The van der Waals surface area contributed by atoms with Crippen LogP contribution in [0.25, 0.3) is 0 Å². The first kappa shape index (κ1) is 15.5. The molecule has 22 heavy (non-hydrogen) atoms. The Kier molecular flexibility index (Phi) is 4.53. The average molecular weight is 300 g/mol. The van der Waals surface area contributed by atoms with Gasteiger partial charge in [-0.1, -0.05) is 37.1 Å². The molecule has 2 fully saturated rings. The van der Waals surface area contributed by atoms with Gasteiger partial charge in [0, 0.05) is 5.54 Å². The molecule has 0 spiro atoms. The Morgan fingerprint density at radius 3 is 2.77 bits per heavy atom. The molecule has 3 nitrogen and oxygen atoms in total. The molecule has 2 aliphatic rings. The first-order valence-corrected chi connectivity index (χ1v) is 8.66. The minimum Gasteiger partial charge on any atom is -0.349 e. The Bertz CT molecular complexity index is 536. The number of hydrogen-bond acceptors (Lipinski definition) is 2. The molecular weight excluding hydrogens is 272 g/mol. The highest BCUT2D eigenvalue weighted by molar-refractivity contribution is 5.83. The van der Waals surface area contributed by atoms with E-state index in [1.165, 1.54) is 30.4 Å². The summed E-state index contributed by atoms with van der Waals surface area (Å²) in [6.07, 6.45) is 7.85. The molecule has 1 heterocycles. The van der Waals surface area contributed by atoms with Gasteiger partial charge in [0.05, 0.1) is 6.04 Å². The summed E-state index contributed by atoms with van der Waals surface area (Å²) in [7, 11) is 2.09. The van der Waals surface area contributed by atoms with E-state index in [0.29, 0.717) is 0 Å². The monoisotopic (exact) mass is 300 g/mol. The fourth-order valence-electron chi connectivity index (χ4n) is 3.60. The number of hydrogen-bond donors (Lipinski definition) is 1. The van der Waals surface area contributed by atoms with Crippen molar-refractivity contribution in [2.75, 3.05) is 13.6 Å². The third-order valence-corrected chi connectivity index (χ3v) is 5.36. The van der Waals surface area contributed by atoms with E-state index in [9.17, 15) is 4.79 Å². The molecule has 1 saturated heterocycles. The number of nitrogens with one attached hydrogen (secondary N) is 1. The molecule has 0 unspecified atom stereocenters. The highest BCUT2D eigenvalue weighted by Gasteiger charge is 2.45. The molecule has 0 radical (unpaired) electrons. The van der Waals surface area contributed by atoms with Gasteiger partial charge in [0.2, 0.25) is 5.91 Å². The van der Waals surface area contributed by atoms with Gasteiger partial charge in [0.15, 0.2) is 0 Å². The lowest BCUT2D eigenvalue weighted by molar-refractivity contribution is -0.127. The Morgan fingerprint density at radius 2 is 2.05 bits per heavy atom. The van der Waals surface area contributed by atoms with Crippen LogP contribution in [0.3, 0.4) is 0 Å². The summed E-state index contributed by atoms with van der Waals surface area (Å²) in [5.74, 6) is 0.246. The second-order valence-electron chi connectivity index (χ2n) is 7.22. The molecule has 3 heteroatoms. The number of rotatable bonds is 4. The normalized spacial score (nSPS) is 24.5. The van der Waals surface area contributed by atoms with Gasteiger partial charge in [-0.15, -0.1) is 0 Å². The fourth-order valence-corrected chi connectivity index (χ4v) is 3.60. The predicted octanol–water partition coefficient (Wildman–Crippen LogP) is 3.06. The minimum atomic E-state index is 0.0241. The maximum atomic E-state index is 12.7. The van der Waals surface area contributed by atoms with E-state index >= 15 is 0 Å². The van der Waals surface area contributed by atoms with E-state index < -0.39 is 0 Å². The Labute approximate surface area is 134 Å². The molecule has 120 valence electrons. The minimum absolute atomic E-state index is 0.0241. The molecule has 1 saturated carbocycles. The van der Waals surface area contributed by atoms with Crippen molar-refractivity contribution in [1.29, 1.82) is 0 Å². The molecule has 1 aliphatic heterocycles. The summed E-state index contributed by atoms with van der Waals surface area (Å²) in [6.45, 7) is 3.20. The largest absolute Gasteiger partial charge is 0.349 e. The van der Waals surface area contributed by atoms with Crippen LogP contribution in [0.2, 0.25) is 0 Å². The van der Waals surface area contributed by atoms with Gasteiger partial charge < -0.3 is 5.32 Å². The molecule has 1 aromatic rings. The van der Waals surface area contributed by atoms with E-state index in [-0.39, 0.29) is 17.5 Å². The van der Waals surface area contributed by atoms with Crippen molar-refractivity contribution in [2.45, 2.75) is 63.5 Å². The van der Waals surface area contributed by atoms with Crippen molar-refractivity contribution in [3.05, 3.63) is 35.4 Å². The van der Waals surface area contributed by atoms with E-state index in [1.807, 2.05) is 0 Å². The highest BCUT2D eigenvalue weighted by atomic mass is 16.2. The molecule has 1 amide bonds. The third kappa shape index (κ3) is 3.52. The maximum absolute atomic E-state index is 12.7. The number of benzene rings is 1. The number of carbonyl (C=O) groups excluding carboxylic acids is 1. The Hall–Kier alpha value is -1.35. The SMILES string of the molecule is Cc1ccccc1CC1(NC(=O)[C@H]2CCCCCN2C)CC1. The van der Waals surface area contributed by atoms with Crippen molar-refractivity contribution in [1.82, 2.24) is 10.2 Å². The Morgan fingerprint density at radius 1 is 1.27 bits per heavy atom. The second kappa shape index (κ2) is 6.41. The lowest BCUT2D eigenvalue weighted by Gasteiger charge is -2.28. The number of likely N-dealkylation sites (tertiary alicyclic amines) is 1. The smallest absolute Gasteiger partial charge is 0.237 e. The first-order valence-electron chi connectivity index (χ1n) is 8.66. The van der Waals surface area contributed by atoms with Gasteiger partial charge in [0.25, 0.3) is 0 Å². The van der Waals surface area contributed by atoms with E-state index in [2.05, 4.69) is 48.5 Å². The molecule has 3 rings (SSSR count). The summed E-state index contributed by atoms with van der Waals surface area (Å²) in [5.41, 5.74) is 2.72. The van der Waals surface area contributed by atoms with Crippen molar-refractivity contribution in [3.63, 3.8) is 0 Å². The number of amides is 1. The molecule has 1 aromatic carbocycles. The Balaban J connectivity index is 1.64. The zero-order chi connectivity index (χ0) is 15.6.